The maximum Gasteiger partial charge on any atom is 0.417 e. The molecule has 1 aliphatic rings. The third-order valence-corrected chi connectivity index (χ3v) is 4.00. The van der Waals surface area contributed by atoms with Crippen molar-refractivity contribution < 1.29 is 18.0 Å². The van der Waals surface area contributed by atoms with Gasteiger partial charge in [-0.3, -0.25) is 4.79 Å². The van der Waals surface area contributed by atoms with Crippen LogP contribution < -0.4 is 5.32 Å². The van der Waals surface area contributed by atoms with Crippen LogP contribution in [0.4, 0.5) is 13.2 Å². The quantitative estimate of drug-likeness (QED) is 0.888. The van der Waals surface area contributed by atoms with Crippen molar-refractivity contribution in [3.63, 3.8) is 0 Å². The largest absolute Gasteiger partial charge is 0.417 e. The normalized spacial score (nSPS) is 17.1. The number of rotatable bonds is 3. The van der Waals surface area contributed by atoms with E-state index in [2.05, 4.69) is 21.2 Å². The third kappa shape index (κ3) is 3.49. The van der Waals surface area contributed by atoms with Gasteiger partial charge in [0, 0.05) is 16.6 Å². The van der Waals surface area contributed by atoms with Crippen molar-refractivity contribution in [2.24, 2.45) is 5.41 Å². The molecule has 0 heterocycles. The number of nitrogens with one attached hydrogen (secondary N) is 1. The van der Waals surface area contributed by atoms with E-state index in [1.807, 2.05) is 6.92 Å². The monoisotopic (exact) mass is 335 g/mol. The average molecular weight is 336 g/mol. The number of benzene rings is 1. The molecule has 2 rings (SSSR count). The minimum Gasteiger partial charge on any atom is -0.351 e. The molecule has 1 N–H and O–H groups in total. The van der Waals surface area contributed by atoms with E-state index in [0.29, 0.717) is 6.54 Å². The van der Waals surface area contributed by atoms with Crippen LogP contribution in [0.5, 0.6) is 0 Å². The lowest BCUT2D eigenvalue weighted by Gasteiger charge is -2.13. The Bertz CT molecular complexity index is 509. The van der Waals surface area contributed by atoms with Gasteiger partial charge >= 0.3 is 6.18 Å². The van der Waals surface area contributed by atoms with Gasteiger partial charge in [0.15, 0.2) is 0 Å². The Morgan fingerprint density at radius 2 is 2.05 bits per heavy atom. The summed E-state index contributed by atoms with van der Waals surface area (Å²) >= 11 is 2.84. The van der Waals surface area contributed by atoms with Crippen LogP contribution in [-0.2, 0) is 6.18 Å². The number of amides is 1. The summed E-state index contributed by atoms with van der Waals surface area (Å²) in [5.41, 5.74) is -0.685. The minimum atomic E-state index is -4.47. The van der Waals surface area contributed by atoms with Gasteiger partial charge in [-0.25, -0.2) is 0 Å². The fourth-order valence-corrected chi connectivity index (χ4v) is 2.14. The molecule has 19 heavy (non-hydrogen) atoms. The van der Waals surface area contributed by atoms with Gasteiger partial charge in [0.2, 0.25) is 0 Å². The van der Waals surface area contributed by atoms with E-state index in [9.17, 15) is 18.0 Å². The number of hydrogen-bond donors (Lipinski definition) is 1. The molecule has 104 valence electrons. The van der Waals surface area contributed by atoms with Gasteiger partial charge in [-0.15, -0.1) is 0 Å². The molecule has 0 unspecified atom stereocenters. The van der Waals surface area contributed by atoms with E-state index in [1.165, 1.54) is 12.1 Å². The zero-order valence-corrected chi connectivity index (χ0v) is 11.9. The third-order valence-electron chi connectivity index (χ3n) is 3.31. The maximum atomic E-state index is 12.7. The van der Waals surface area contributed by atoms with Gasteiger partial charge < -0.3 is 5.32 Å². The Balaban J connectivity index is 2.13. The SMILES string of the molecule is CC1(CNC(=O)c2ccc(Br)c(C(F)(F)F)c2)CC1. The van der Waals surface area contributed by atoms with Crippen LogP contribution in [0.1, 0.15) is 35.7 Å². The van der Waals surface area contributed by atoms with Crippen molar-refractivity contribution in [1.29, 1.82) is 0 Å². The topological polar surface area (TPSA) is 29.1 Å². The molecular weight excluding hydrogens is 323 g/mol. The van der Waals surface area contributed by atoms with Crippen LogP contribution in [0.15, 0.2) is 22.7 Å². The highest BCUT2D eigenvalue weighted by atomic mass is 79.9. The molecule has 0 bridgehead atoms. The van der Waals surface area contributed by atoms with Gasteiger partial charge in [-0.2, -0.15) is 13.2 Å². The van der Waals surface area contributed by atoms with Gasteiger partial charge in [0.25, 0.3) is 5.91 Å². The summed E-state index contributed by atoms with van der Waals surface area (Å²) in [7, 11) is 0. The smallest absolute Gasteiger partial charge is 0.351 e. The highest BCUT2D eigenvalue weighted by Crippen LogP contribution is 2.44. The second kappa shape index (κ2) is 4.81. The number of alkyl halides is 3. The average Bonchev–Trinajstić information content (AvgIpc) is 3.04. The van der Waals surface area contributed by atoms with Crippen molar-refractivity contribution >= 4 is 21.8 Å². The summed E-state index contributed by atoms with van der Waals surface area (Å²) in [5.74, 6) is -0.467. The Morgan fingerprint density at radius 1 is 1.42 bits per heavy atom. The zero-order chi connectivity index (χ0) is 14.3. The molecule has 6 heteroatoms. The molecule has 0 aromatic heterocycles. The van der Waals surface area contributed by atoms with E-state index in [4.69, 9.17) is 0 Å². The van der Waals surface area contributed by atoms with Crippen molar-refractivity contribution in [2.45, 2.75) is 25.9 Å². The number of carbonyl (C=O) groups is 1. The summed E-state index contributed by atoms with van der Waals surface area (Å²) in [6.45, 7) is 2.54. The fraction of sp³-hybridized carbons (Fsp3) is 0.462. The van der Waals surface area contributed by atoms with E-state index in [-0.39, 0.29) is 15.5 Å². The Morgan fingerprint density at radius 3 is 2.58 bits per heavy atom. The van der Waals surface area contributed by atoms with Crippen LogP contribution in [0.2, 0.25) is 0 Å². The lowest BCUT2D eigenvalue weighted by Crippen LogP contribution is -2.29. The first-order chi connectivity index (χ1) is 8.71. The summed E-state index contributed by atoms with van der Waals surface area (Å²) in [4.78, 5) is 11.8. The maximum absolute atomic E-state index is 12.7. The van der Waals surface area contributed by atoms with E-state index < -0.39 is 17.6 Å². The highest BCUT2D eigenvalue weighted by molar-refractivity contribution is 9.10. The van der Waals surface area contributed by atoms with Crippen molar-refractivity contribution in [3.8, 4) is 0 Å². The molecule has 0 saturated heterocycles. The number of halogens is 4. The molecule has 1 saturated carbocycles. The lowest BCUT2D eigenvalue weighted by molar-refractivity contribution is -0.138. The van der Waals surface area contributed by atoms with Crippen molar-refractivity contribution in [2.75, 3.05) is 6.54 Å². The van der Waals surface area contributed by atoms with Gasteiger partial charge in [0.05, 0.1) is 5.56 Å². The Hall–Kier alpha value is -1.04. The summed E-state index contributed by atoms with van der Waals surface area (Å²) in [5, 5.41) is 2.68. The summed E-state index contributed by atoms with van der Waals surface area (Å²) < 4.78 is 38.1. The molecule has 0 aliphatic heterocycles. The molecular formula is C13H13BrF3NO. The Kier molecular flexibility index (Phi) is 3.64. The van der Waals surface area contributed by atoms with Gasteiger partial charge in [-0.05, 0) is 36.5 Å². The molecule has 1 fully saturated rings. The van der Waals surface area contributed by atoms with Crippen LogP contribution in [-0.4, -0.2) is 12.5 Å². The Labute approximate surface area is 117 Å². The molecule has 1 aromatic rings. The second-order valence-electron chi connectivity index (χ2n) is 5.19. The van der Waals surface area contributed by atoms with E-state index >= 15 is 0 Å². The number of carbonyl (C=O) groups excluding carboxylic acids is 1. The molecule has 1 amide bonds. The second-order valence-corrected chi connectivity index (χ2v) is 6.04. The predicted octanol–water partition coefficient (Wildman–Crippen LogP) is 4.00. The predicted molar refractivity (Wildman–Crippen MR) is 68.8 cm³/mol. The van der Waals surface area contributed by atoms with Crippen LogP contribution >= 0.6 is 15.9 Å². The minimum absolute atomic E-state index is 0.0276. The summed E-state index contributed by atoms with van der Waals surface area (Å²) in [6.07, 6.45) is -2.39. The first kappa shape index (κ1) is 14.4. The molecule has 1 aromatic carbocycles. The molecule has 2 nitrogen and oxygen atoms in total. The van der Waals surface area contributed by atoms with Crippen LogP contribution in [0.3, 0.4) is 0 Å². The van der Waals surface area contributed by atoms with Crippen molar-refractivity contribution in [3.05, 3.63) is 33.8 Å². The van der Waals surface area contributed by atoms with E-state index in [1.54, 1.807) is 0 Å². The van der Waals surface area contributed by atoms with Crippen molar-refractivity contribution in [1.82, 2.24) is 5.32 Å². The molecule has 0 spiro atoms. The van der Waals surface area contributed by atoms with E-state index in [0.717, 1.165) is 18.9 Å². The fourth-order valence-electron chi connectivity index (χ4n) is 1.67. The standard InChI is InChI=1S/C13H13BrF3NO/c1-12(4-5-12)7-18-11(19)8-2-3-10(14)9(6-8)13(15,16)17/h2-3,6H,4-5,7H2,1H3,(H,18,19). The first-order valence-corrected chi connectivity index (χ1v) is 6.66. The zero-order valence-electron chi connectivity index (χ0n) is 10.3. The van der Waals surface area contributed by atoms with Crippen LogP contribution in [0.25, 0.3) is 0 Å². The highest BCUT2D eigenvalue weighted by Gasteiger charge is 2.37. The van der Waals surface area contributed by atoms with Gasteiger partial charge in [-0.1, -0.05) is 22.9 Å². The van der Waals surface area contributed by atoms with Gasteiger partial charge in [0.1, 0.15) is 0 Å². The lowest BCUT2D eigenvalue weighted by atomic mass is 10.1. The molecule has 0 atom stereocenters. The molecule has 1 aliphatic carbocycles. The summed E-state index contributed by atoms with van der Waals surface area (Å²) in [6, 6.07) is 3.50. The number of hydrogen-bond acceptors (Lipinski definition) is 1. The van der Waals surface area contributed by atoms with Crippen LogP contribution in [0, 0.1) is 5.41 Å². The molecule has 0 radical (unpaired) electrons. The first-order valence-electron chi connectivity index (χ1n) is 5.86.